The highest BCUT2D eigenvalue weighted by Gasteiger charge is 2.11. The number of thioether (sulfide) groups is 1. The van der Waals surface area contributed by atoms with E-state index in [2.05, 4.69) is 59.5 Å². The molecule has 0 saturated carbocycles. The number of H-pyrrole nitrogens is 1. The van der Waals surface area contributed by atoms with Crippen molar-refractivity contribution in [3.63, 3.8) is 0 Å². The van der Waals surface area contributed by atoms with Crippen molar-refractivity contribution in [1.29, 1.82) is 0 Å². The highest BCUT2D eigenvalue weighted by molar-refractivity contribution is 7.99. The van der Waals surface area contributed by atoms with Gasteiger partial charge in [-0.1, -0.05) is 49.0 Å². The first-order valence-electron chi connectivity index (χ1n) is 8.52. The van der Waals surface area contributed by atoms with E-state index in [1.165, 1.54) is 22.9 Å². The Morgan fingerprint density at radius 2 is 2.00 bits per heavy atom. The third-order valence-corrected chi connectivity index (χ3v) is 5.09. The number of amides is 1. The molecule has 1 heterocycles. The molecule has 25 heavy (non-hydrogen) atoms. The average molecular weight is 353 g/mol. The molecular weight excluding hydrogens is 330 g/mol. The highest BCUT2D eigenvalue weighted by atomic mass is 32.2. The lowest BCUT2D eigenvalue weighted by atomic mass is 10.1. The number of nitrogens with one attached hydrogen (secondary N) is 2. The van der Waals surface area contributed by atoms with Crippen LogP contribution in [0.5, 0.6) is 0 Å². The SMILES string of the molecule is CCc1ccc(C(C)NC(=O)CSc2nc3ccc(C)cc3[nH]2)cc1. The molecule has 4 nitrogen and oxygen atoms in total. The monoisotopic (exact) mass is 353 g/mol. The summed E-state index contributed by atoms with van der Waals surface area (Å²) in [5.74, 6) is 0.352. The van der Waals surface area contributed by atoms with Gasteiger partial charge < -0.3 is 10.3 Å². The number of aromatic amines is 1. The van der Waals surface area contributed by atoms with Gasteiger partial charge in [-0.15, -0.1) is 0 Å². The first-order chi connectivity index (χ1) is 12.0. The first kappa shape index (κ1) is 17.5. The van der Waals surface area contributed by atoms with E-state index >= 15 is 0 Å². The van der Waals surface area contributed by atoms with Gasteiger partial charge in [-0.3, -0.25) is 4.79 Å². The van der Waals surface area contributed by atoms with Crippen molar-refractivity contribution in [3.05, 3.63) is 59.2 Å². The fourth-order valence-corrected chi connectivity index (χ4v) is 3.41. The normalized spacial score (nSPS) is 12.3. The quantitative estimate of drug-likeness (QED) is 0.646. The van der Waals surface area contributed by atoms with Gasteiger partial charge in [0.15, 0.2) is 5.16 Å². The molecule has 0 saturated heterocycles. The lowest BCUT2D eigenvalue weighted by Gasteiger charge is -2.14. The molecule has 2 N–H and O–H groups in total. The van der Waals surface area contributed by atoms with Crippen LogP contribution < -0.4 is 5.32 Å². The molecule has 3 aromatic rings. The lowest BCUT2D eigenvalue weighted by Crippen LogP contribution is -2.28. The molecular formula is C20H23N3OS. The minimum atomic E-state index is -0.00247. The number of imidazole rings is 1. The molecule has 1 amide bonds. The summed E-state index contributed by atoms with van der Waals surface area (Å²) in [7, 11) is 0. The number of carbonyl (C=O) groups is 1. The third kappa shape index (κ3) is 4.42. The van der Waals surface area contributed by atoms with Crippen LogP contribution in [-0.2, 0) is 11.2 Å². The maximum atomic E-state index is 12.2. The average Bonchev–Trinajstić information content (AvgIpc) is 3.02. The molecule has 0 radical (unpaired) electrons. The van der Waals surface area contributed by atoms with Crippen molar-refractivity contribution >= 4 is 28.7 Å². The van der Waals surface area contributed by atoms with Gasteiger partial charge in [0.2, 0.25) is 5.91 Å². The Bertz CT molecular complexity index is 870. The second-order valence-corrected chi connectivity index (χ2v) is 7.20. The topological polar surface area (TPSA) is 57.8 Å². The zero-order valence-corrected chi connectivity index (χ0v) is 15.6. The molecule has 0 spiro atoms. The molecule has 1 atom stereocenters. The number of fused-ring (bicyclic) bond motifs is 1. The summed E-state index contributed by atoms with van der Waals surface area (Å²) < 4.78 is 0. The smallest absolute Gasteiger partial charge is 0.230 e. The Morgan fingerprint density at radius 3 is 2.72 bits per heavy atom. The van der Waals surface area contributed by atoms with Crippen molar-refractivity contribution < 1.29 is 4.79 Å². The van der Waals surface area contributed by atoms with Gasteiger partial charge in [0.25, 0.3) is 0 Å². The zero-order valence-electron chi connectivity index (χ0n) is 14.8. The number of hydrogen-bond acceptors (Lipinski definition) is 3. The van der Waals surface area contributed by atoms with Gasteiger partial charge >= 0.3 is 0 Å². The van der Waals surface area contributed by atoms with Crippen LogP contribution in [0.25, 0.3) is 11.0 Å². The van der Waals surface area contributed by atoms with Gasteiger partial charge in [-0.2, -0.15) is 0 Å². The maximum Gasteiger partial charge on any atom is 0.230 e. The molecule has 0 aliphatic carbocycles. The van der Waals surface area contributed by atoms with Crippen molar-refractivity contribution in [2.24, 2.45) is 0 Å². The summed E-state index contributed by atoms with van der Waals surface area (Å²) >= 11 is 1.42. The summed E-state index contributed by atoms with van der Waals surface area (Å²) in [6.45, 7) is 6.19. The van der Waals surface area contributed by atoms with Gasteiger partial charge in [-0.25, -0.2) is 4.98 Å². The van der Waals surface area contributed by atoms with Crippen LogP contribution in [0.2, 0.25) is 0 Å². The van der Waals surface area contributed by atoms with E-state index in [0.717, 1.165) is 28.2 Å². The predicted octanol–water partition coefficient (Wildman–Crippen LogP) is 4.40. The van der Waals surface area contributed by atoms with E-state index in [-0.39, 0.29) is 11.9 Å². The van der Waals surface area contributed by atoms with Crippen molar-refractivity contribution in [1.82, 2.24) is 15.3 Å². The van der Waals surface area contributed by atoms with Crippen LogP contribution >= 0.6 is 11.8 Å². The summed E-state index contributed by atoms with van der Waals surface area (Å²) in [6.07, 6.45) is 1.02. The fraction of sp³-hybridized carbons (Fsp3) is 0.300. The largest absolute Gasteiger partial charge is 0.349 e. The molecule has 1 unspecified atom stereocenters. The van der Waals surface area contributed by atoms with Crippen LogP contribution in [0.1, 0.15) is 36.6 Å². The Hall–Kier alpha value is -2.27. The summed E-state index contributed by atoms with van der Waals surface area (Å²) in [6, 6.07) is 14.5. The molecule has 0 fully saturated rings. The van der Waals surface area contributed by atoms with E-state index in [4.69, 9.17) is 0 Å². The van der Waals surface area contributed by atoms with Crippen LogP contribution in [0.4, 0.5) is 0 Å². The molecule has 5 heteroatoms. The molecule has 1 aromatic heterocycles. The zero-order chi connectivity index (χ0) is 17.8. The van der Waals surface area contributed by atoms with Gasteiger partial charge in [0.1, 0.15) is 0 Å². The lowest BCUT2D eigenvalue weighted by molar-refractivity contribution is -0.119. The number of aromatic nitrogens is 2. The van der Waals surface area contributed by atoms with E-state index in [1.54, 1.807) is 0 Å². The van der Waals surface area contributed by atoms with Crippen LogP contribution in [0.3, 0.4) is 0 Å². The molecule has 0 aliphatic heterocycles. The van der Waals surface area contributed by atoms with Crippen LogP contribution in [0.15, 0.2) is 47.6 Å². The van der Waals surface area contributed by atoms with E-state index in [0.29, 0.717) is 5.75 Å². The Kier molecular flexibility index (Phi) is 5.43. The Balaban J connectivity index is 1.55. The number of hydrogen-bond donors (Lipinski definition) is 2. The second kappa shape index (κ2) is 7.74. The van der Waals surface area contributed by atoms with Gasteiger partial charge in [0.05, 0.1) is 22.8 Å². The predicted molar refractivity (Wildman–Crippen MR) is 104 cm³/mol. The number of carbonyl (C=O) groups excluding carboxylic acids is 1. The molecule has 0 bridgehead atoms. The van der Waals surface area contributed by atoms with Crippen LogP contribution in [-0.4, -0.2) is 21.6 Å². The van der Waals surface area contributed by atoms with Crippen LogP contribution in [0, 0.1) is 6.92 Å². The number of nitrogens with zero attached hydrogens (tertiary/aromatic N) is 1. The standard InChI is InChI=1S/C20H23N3OS/c1-4-15-6-8-16(9-7-15)14(3)21-19(24)12-25-20-22-17-10-5-13(2)11-18(17)23-20/h5-11,14H,4,12H2,1-3H3,(H,21,24)(H,22,23). The number of benzene rings is 2. The van der Waals surface area contributed by atoms with Crippen molar-refractivity contribution in [2.75, 3.05) is 5.75 Å². The van der Waals surface area contributed by atoms with E-state index in [1.807, 2.05) is 19.1 Å². The molecule has 0 aliphatic rings. The molecule has 3 rings (SSSR count). The molecule has 130 valence electrons. The summed E-state index contributed by atoms with van der Waals surface area (Å²) in [4.78, 5) is 20.0. The van der Waals surface area contributed by atoms with Crippen molar-refractivity contribution in [3.8, 4) is 0 Å². The van der Waals surface area contributed by atoms with Gasteiger partial charge in [-0.05, 0) is 49.1 Å². The number of rotatable bonds is 6. The maximum absolute atomic E-state index is 12.2. The van der Waals surface area contributed by atoms with E-state index < -0.39 is 0 Å². The van der Waals surface area contributed by atoms with E-state index in [9.17, 15) is 4.79 Å². The Labute approximate surface area is 152 Å². The minimum Gasteiger partial charge on any atom is -0.349 e. The molecule has 2 aromatic carbocycles. The fourth-order valence-electron chi connectivity index (χ4n) is 2.71. The second-order valence-electron chi connectivity index (χ2n) is 6.24. The third-order valence-electron chi connectivity index (χ3n) is 4.22. The minimum absolute atomic E-state index is 0.00247. The number of aryl methyl sites for hydroxylation is 2. The highest BCUT2D eigenvalue weighted by Crippen LogP contribution is 2.20. The Morgan fingerprint density at radius 1 is 1.24 bits per heavy atom. The van der Waals surface area contributed by atoms with Gasteiger partial charge in [0, 0.05) is 0 Å². The summed E-state index contributed by atoms with van der Waals surface area (Å²) in [5, 5.41) is 3.82. The first-order valence-corrected chi connectivity index (χ1v) is 9.51. The van der Waals surface area contributed by atoms with Crippen molar-refractivity contribution in [2.45, 2.75) is 38.4 Å². The summed E-state index contributed by atoms with van der Waals surface area (Å²) in [5.41, 5.74) is 5.55.